The minimum Gasteiger partial charge on any atom is -0.508 e. The topological polar surface area (TPSA) is 63.6 Å². The van der Waals surface area contributed by atoms with Gasteiger partial charge < -0.3 is 9.29 Å². The first-order chi connectivity index (χ1) is 9.68. The molecule has 112 valence electrons. The molecule has 2 rings (SSSR count). The second-order valence-electron chi connectivity index (χ2n) is 5.17. The van der Waals surface area contributed by atoms with E-state index in [4.69, 9.17) is 0 Å². The van der Waals surface area contributed by atoms with E-state index >= 15 is 0 Å². The van der Waals surface area contributed by atoms with Crippen LogP contribution in [-0.4, -0.2) is 13.5 Å². The van der Waals surface area contributed by atoms with Crippen LogP contribution >= 0.6 is 0 Å². The van der Waals surface area contributed by atoms with Gasteiger partial charge in [-0.15, -0.1) is 0 Å². The Hall–Kier alpha value is -2.08. The van der Waals surface area contributed by atoms with Crippen molar-refractivity contribution < 1.29 is 21.6 Å². The maximum Gasteiger partial charge on any atom is 0.488 e. The lowest BCUT2D eigenvalue weighted by molar-refractivity contribution is 0.440. The molecular weight excluding hydrogens is 295 g/mol. The molecule has 0 atom stereocenters. The molecule has 21 heavy (non-hydrogen) atoms. The molecule has 0 heterocycles. The number of aromatic hydroxyl groups is 1. The summed E-state index contributed by atoms with van der Waals surface area (Å²) in [4.78, 5) is 0. The Balaban J connectivity index is 2.30. The van der Waals surface area contributed by atoms with Gasteiger partial charge in [-0.2, -0.15) is 8.42 Å². The third-order valence-electron chi connectivity index (χ3n) is 3.36. The van der Waals surface area contributed by atoms with Gasteiger partial charge in [-0.25, -0.2) is 0 Å². The summed E-state index contributed by atoms with van der Waals surface area (Å²) in [7, 11) is -5.01. The van der Waals surface area contributed by atoms with E-state index in [0.29, 0.717) is 0 Å². The maximum atomic E-state index is 12.4. The molecule has 0 saturated carbocycles. The fourth-order valence-electron chi connectivity index (χ4n) is 2.09. The van der Waals surface area contributed by atoms with Gasteiger partial charge in [-0.3, -0.25) is 0 Å². The molecule has 6 heteroatoms. The zero-order valence-electron chi connectivity index (χ0n) is 11.6. The summed E-state index contributed by atoms with van der Waals surface area (Å²) in [5, 5.41) is 9.33. The smallest absolute Gasteiger partial charge is 0.488 e. The fourth-order valence-corrected chi connectivity index (χ4v) is 2.43. The predicted molar refractivity (Wildman–Crippen MR) is 77.3 cm³/mol. The van der Waals surface area contributed by atoms with Crippen molar-refractivity contribution in [2.75, 3.05) is 0 Å². The van der Waals surface area contributed by atoms with Gasteiger partial charge >= 0.3 is 10.5 Å². The molecule has 4 nitrogen and oxygen atoms in total. The molecule has 0 aromatic heterocycles. The third kappa shape index (κ3) is 3.72. The van der Waals surface area contributed by atoms with Crippen molar-refractivity contribution in [3.8, 4) is 11.5 Å². The van der Waals surface area contributed by atoms with Gasteiger partial charge in [-0.1, -0.05) is 42.0 Å². The van der Waals surface area contributed by atoms with Crippen molar-refractivity contribution in [3.63, 3.8) is 0 Å². The van der Waals surface area contributed by atoms with Gasteiger partial charge in [0.2, 0.25) is 0 Å². The Morgan fingerprint density at radius 2 is 1.38 bits per heavy atom. The maximum absolute atomic E-state index is 12.4. The standard InChI is InChI=1S/C15H15FO4S/c1-15(2,11-3-7-13(17)8-4-11)12-5-9-14(10-6-12)20-21(16,18)19/h3-10,17H,1-2H3. The number of rotatable bonds is 4. The average molecular weight is 310 g/mol. The highest BCUT2D eigenvalue weighted by molar-refractivity contribution is 7.81. The van der Waals surface area contributed by atoms with Crippen LogP contribution < -0.4 is 4.18 Å². The second kappa shape index (κ2) is 5.37. The minimum atomic E-state index is -5.01. The van der Waals surface area contributed by atoms with Crippen LogP contribution in [-0.2, 0) is 15.9 Å². The number of halogens is 1. The summed E-state index contributed by atoms with van der Waals surface area (Å²) in [5.74, 6) is 0.106. The van der Waals surface area contributed by atoms with Gasteiger partial charge in [0.1, 0.15) is 11.5 Å². The lowest BCUT2D eigenvalue weighted by Gasteiger charge is -2.26. The van der Waals surface area contributed by atoms with E-state index in [1.807, 2.05) is 26.0 Å². The summed E-state index contributed by atoms with van der Waals surface area (Å²) in [6.45, 7) is 3.97. The highest BCUT2D eigenvalue weighted by Crippen LogP contribution is 2.33. The van der Waals surface area contributed by atoms with Crippen LogP contribution in [0.4, 0.5) is 3.89 Å². The Labute approximate surface area is 123 Å². The molecule has 1 N–H and O–H groups in total. The van der Waals surface area contributed by atoms with Gasteiger partial charge in [0.05, 0.1) is 0 Å². The van der Waals surface area contributed by atoms with Crippen LogP contribution in [0.2, 0.25) is 0 Å². The Kier molecular flexibility index (Phi) is 3.91. The van der Waals surface area contributed by atoms with E-state index in [1.165, 1.54) is 12.1 Å². The summed E-state index contributed by atoms with van der Waals surface area (Å²) >= 11 is 0. The highest BCUT2D eigenvalue weighted by Gasteiger charge is 2.23. The first kappa shape index (κ1) is 15.3. The van der Waals surface area contributed by atoms with Gasteiger partial charge in [0, 0.05) is 5.41 Å². The number of phenolic OH excluding ortho intramolecular Hbond substituents is 1. The predicted octanol–water partition coefficient (Wildman–Crippen LogP) is 3.31. The molecule has 0 saturated heterocycles. The molecule has 0 radical (unpaired) electrons. The van der Waals surface area contributed by atoms with E-state index in [-0.39, 0.29) is 16.9 Å². The first-order valence-corrected chi connectivity index (χ1v) is 7.53. The molecule has 0 aliphatic heterocycles. The largest absolute Gasteiger partial charge is 0.508 e. The number of hydrogen-bond donors (Lipinski definition) is 1. The summed E-state index contributed by atoms with van der Waals surface area (Å²) < 4.78 is 37.4. The van der Waals surface area contributed by atoms with E-state index in [0.717, 1.165) is 11.1 Å². The molecule has 0 fully saturated rings. The zero-order chi connectivity index (χ0) is 15.7. The molecule has 2 aromatic rings. The lowest BCUT2D eigenvalue weighted by atomic mass is 9.78. The average Bonchev–Trinajstić information content (AvgIpc) is 2.38. The molecule has 0 unspecified atom stereocenters. The van der Waals surface area contributed by atoms with Crippen molar-refractivity contribution in [1.82, 2.24) is 0 Å². The van der Waals surface area contributed by atoms with Crippen LogP contribution in [0.1, 0.15) is 25.0 Å². The number of benzene rings is 2. The quantitative estimate of drug-likeness (QED) is 0.880. The molecule has 0 amide bonds. The van der Waals surface area contributed by atoms with E-state index < -0.39 is 10.5 Å². The summed E-state index contributed by atoms with van der Waals surface area (Å²) in [5.41, 5.74) is 1.52. The van der Waals surface area contributed by atoms with Crippen LogP contribution in [0.3, 0.4) is 0 Å². The van der Waals surface area contributed by atoms with Crippen molar-refractivity contribution in [1.29, 1.82) is 0 Å². The third-order valence-corrected chi connectivity index (χ3v) is 3.75. The zero-order valence-corrected chi connectivity index (χ0v) is 12.4. The Morgan fingerprint density at radius 3 is 1.81 bits per heavy atom. The molecule has 0 aliphatic rings. The van der Waals surface area contributed by atoms with Gasteiger partial charge in [-0.05, 0) is 35.4 Å². The van der Waals surface area contributed by atoms with Crippen molar-refractivity contribution in [2.45, 2.75) is 19.3 Å². The molecule has 0 aliphatic carbocycles. The van der Waals surface area contributed by atoms with Crippen LogP contribution in [0.25, 0.3) is 0 Å². The summed E-state index contributed by atoms with van der Waals surface area (Å²) in [6, 6.07) is 13.0. The van der Waals surface area contributed by atoms with Crippen LogP contribution in [0, 0.1) is 0 Å². The summed E-state index contributed by atoms with van der Waals surface area (Å²) in [6.07, 6.45) is 0. The number of phenols is 1. The Morgan fingerprint density at radius 1 is 0.952 bits per heavy atom. The van der Waals surface area contributed by atoms with Crippen LogP contribution in [0.15, 0.2) is 48.5 Å². The highest BCUT2D eigenvalue weighted by atomic mass is 32.3. The van der Waals surface area contributed by atoms with E-state index in [9.17, 15) is 17.4 Å². The monoisotopic (exact) mass is 310 g/mol. The molecule has 0 spiro atoms. The van der Waals surface area contributed by atoms with Crippen LogP contribution in [0.5, 0.6) is 11.5 Å². The molecular formula is C15H15FO4S. The molecule has 0 bridgehead atoms. The van der Waals surface area contributed by atoms with Crippen molar-refractivity contribution >= 4 is 10.5 Å². The van der Waals surface area contributed by atoms with Gasteiger partial charge in [0.25, 0.3) is 0 Å². The van der Waals surface area contributed by atoms with Crippen molar-refractivity contribution in [3.05, 3.63) is 59.7 Å². The molecule has 2 aromatic carbocycles. The second-order valence-corrected chi connectivity index (χ2v) is 6.13. The lowest BCUT2D eigenvalue weighted by Crippen LogP contribution is -2.18. The fraction of sp³-hybridized carbons (Fsp3) is 0.200. The Bertz CT molecular complexity index is 719. The van der Waals surface area contributed by atoms with Gasteiger partial charge in [0.15, 0.2) is 0 Å². The van der Waals surface area contributed by atoms with E-state index in [2.05, 4.69) is 4.18 Å². The normalized spacial score (nSPS) is 12.1. The number of hydrogen-bond acceptors (Lipinski definition) is 4. The van der Waals surface area contributed by atoms with E-state index in [1.54, 1.807) is 24.3 Å². The first-order valence-electron chi connectivity index (χ1n) is 6.22. The van der Waals surface area contributed by atoms with Crippen molar-refractivity contribution in [2.24, 2.45) is 0 Å². The minimum absolute atomic E-state index is 0.0808. The SMILES string of the molecule is CC(C)(c1ccc(O)cc1)c1ccc(OS(=O)(=O)F)cc1.